The number of nitrogens with zero attached hydrogens (tertiary/aromatic N) is 4. The molecule has 29 heavy (non-hydrogen) atoms. The maximum Gasteiger partial charge on any atom is 0.239 e. The van der Waals surface area contributed by atoms with E-state index in [-0.39, 0.29) is 11.8 Å². The van der Waals surface area contributed by atoms with Gasteiger partial charge in [-0.2, -0.15) is 0 Å². The van der Waals surface area contributed by atoms with E-state index >= 15 is 0 Å². The molecule has 1 aromatic heterocycles. The highest BCUT2D eigenvalue weighted by Gasteiger charge is 2.40. The van der Waals surface area contributed by atoms with E-state index in [0.717, 1.165) is 30.9 Å². The quantitative estimate of drug-likeness (QED) is 0.750. The van der Waals surface area contributed by atoms with Crippen molar-refractivity contribution in [3.8, 4) is 0 Å². The Morgan fingerprint density at radius 1 is 1.07 bits per heavy atom. The van der Waals surface area contributed by atoms with Crippen LogP contribution in [0.25, 0.3) is 0 Å². The molecule has 0 aliphatic carbocycles. The lowest BCUT2D eigenvalue weighted by atomic mass is 10.1. The molecule has 6 nitrogen and oxygen atoms in total. The zero-order valence-electron chi connectivity index (χ0n) is 17.2. The molecule has 4 rings (SSSR count). The second-order valence-corrected chi connectivity index (χ2v) is 8.06. The van der Waals surface area contributed by atoms with Gasteiger partial charge in [-0.25, -0.2) is 0 Å². The largest absolute Gasteiger partial charge is 0.339 e. The van der Waals surface area contributed by atoms with Crippen LogP contribution in [0.5, 0.6) is 0 Å². The molecule has 2 saturated heterocycles. The Hall–Kier alpha value is -2.73. The molecule has 152 valence electrons. The third-order valence-electron chi connectivity index (χ3n) is 6.12. The molecule has 6 heteroatoms. The summed E-state index contributed by atoms with van der Waals surface area (Å²) in [5.74, 6) is -0.611. The lowest BCUT2D eigenvalue weighted by Gasteiger charge is -2.35. The van der Waals surface area contributed by atoms with Crippen LogP contribution in [0, 0.1) is 19.8 Å². The van der Waals surface area contributed by atoms with Gasteiger partial charge < -0.3 is 9.80 Å². The summed E-state index contributed by atoms with van der Waals surface area (Å²) < 4.78 is 0. The number of aromatic nitrogens is 1. The average molecular weight is 393 g/mol. The number of aryl methyl sites for hydroxylation is 2. The number of pyridine rings is 1. The molecule has 2 aromatic rings. The number of anilines is 1. The summed E-state index contributed by atoms with van der Waals surface area (Å²) in [6.45, 7) is 8.56. The Kier molecular flexibility index (Phi) is 5.62. The van der Waals surface area contributed by atoms with Crippen molar-refractivity contribution in [2.75, 3.05) is 37.6 Å². The molecule has 0 N–H and O–H groups in total. The number of carbonyl (C=O) groups excluding carboxylic acids is 2. The lowest BCUT2D eigenvalue weighted by molar-refractivity contribution is -0.141. The van der Waals surface area contributed by atoms with E-state index in [1.165, 1.54) is 11.1 Å². The molecule has 2 amide bonds. The molecular formula is C23H28N4O2. The van der Waals surface area contributed by atoms with Gasteiger partial charge in [0.15, 0.2) is 0 Å². The number of amides is 2. The van der Waals surface area contributed by atoms with Gasteiger partial charge in [-0.1, -0.05) is 12.1 Å². The summed E-state index contributed by atoms with van der Waals surface area (Å²) in [6, 6.07) is 10.1. The van der Waals surface area contributed by atoms with Crippen LogP contribution in [-0.2, 0) is 16.1 Å². The fraction of sp³-hybridized carbons (Fsp3) is 0.435. The molecule has 0 spiro atoms. The predicted octanol–water partition coefficient (Wildman–Crippen LogP) is 2.40. The van der Waals surface area contributed by atoms with Crippen LogP contribution in [0.2, 0.25) is 0 Å². The normalized spacial score (nSPS) is 20.3. The molecule has 0 bridgehead atoms. The molecule has 1 unspecified atom stereocenters. The maximum absolute atomic E-state index is 13.0. The summed E-state index contributed by atoms with van der Waals surface area (Å²) in [6.07, 6.45) is 4.26. The van der Waals surface area contributed by atoms with Crippen molar-refractivity contribution in [2.45, 2.75) is 26.8 Å². The molecule has 0 saturated carbocycles. The number of rotatable bonds is 4. The number of hydrogen-bond acceptors (Lipinski definition) is 4. The van der Waals surface area contributed by atoms with Crippen LogP contribution in [0.1, 0.15) is 23.1 Å². The van der Waals surface area contributed by atoms with E-state index in [9.17, 15) is 9.59 Å². The number of carbonyl (C=O) groups is 2. The summed E-state index contributed by atoms with van der Waals surface area (Å²) in [5, 5.41) is 0. The standard InChI is InChI=1S/C23H28N4O2/c1-17-5-6-20(14-18(17)2)27-9-7-21(23(27)29)22(28)26-12-10-25(11-13-26)16-19-4-3-8-24-15-19/h3-6,8,14-15,21H,7,9-13,16H2,1-2H3. The SMILES string of the molecule is Cc1ccc(N2CCC(C(=O)N3CCN(Cc4cccnc4)CC3)C2=O)cc1C. The summed E-state index contributed by atoms with van der Waals surface area (Å²) in [7, 11) is 0. The summed E-state index contributed by atoms with van der Waals surface area (Å²) in [5.41, 5.74) is 4.45. The molecule has 2 aliphatic heterocycles. The number of piperazine rings is 1. The van der Waals surface area contributed by atoms with Gasteiger partial charge in [0.2, 0.25) is 11.8 Å². The molecule has 3 heterocycles. The summed E-state index contributed by atoms with van der Waals surface area (Å²) >= 11 is 0. The second-order valence-electron chi connectivity index (χ2n) is 8.06. The first-order valence-electron chi connectivity index (χ1n) is 10.3. The van der Waals surface area contributed by atoms with Crippen LogP contribution in [0.3, 0.4) is 0 Å². The smallest absolute Gasteiger partial charge is 0.239 e. The van der Waals surface area contributed by atoms with Crippen molar-refractivity contribution < 1.29 is 9.59 Å². The minimum Gasteiger partial charge on any atom is -0.339 e. The van der Waals surface area contributed by atoms with E-state index in [1.54, 1.807) is 11.1 Å². The van der Waals surface area contributed by atoms with Crippen molar-refractivity contribution in [1.29, 1.82) is 0 Å². The molecule has 2 fully saturated rings. The molecule has 2 aliphatic rings. The Morgan fingerprint density at radius 3 is 2.55 bits per heavy atom. The van der Waals surface area contributed by atoms with Crippen molar-refractivity contribution in [3.63, 3.8) is 0 Å². The van der Waals surface area contributed by atoms with Gasteiger partial charge in [-0.05, 0) is 55.2 Å². The van der Waals surface area contributed by atoms with Gasteiger partial charge in [0.05, 0.1) is 0 Å². The van der Waals surface area contributed by atoms with Gasteiger partial charge in [0, 0.05) is 57.3 Å². The van der Waals surface area contributed by atoms with Crippen molar-refractivity contribution in [3.05, 3.63) is 59.4 Å². The van der Waals surface area contributed by atoms with Crippen LogP contribution in [0.15, 0.2) is 42.7 Å². The minimum absolute atomic E-state index is 0.0117. The van der Waals surface area contributed by atoms with Gasteiger partial charge in [-0.15, -0.1) is 0 Å². The number of benzene rings is 1. The first-order valence-corrected chi connectivity index (χ1v) is 10.3. The van der Waals surface area contributed by atoms with E-state index in [2.05, 4.69) is 22.9 Å². The van der Waals surface area contributed by atoms with E-state index in [4.69, 9.17) is 0 Å². The molecule has 0 radical (unpaired) electrons. The molecular weight excluding hydrogens is 364 g/mol. The zero-order valence-corrected chi connectivity index (χ0v) is 17.2. The minimum atomic E-state index is -0.540. The van der Waals surface area contributed by atoms with Gasteiger partial charge in [0.1, 0.15) is 5.92 Å². The Morgan fingerprint density at radius 2 is 1.86 bits per heavy atom. The highest BCUT2D eigenvalue weighted by molar-refractivity contribution is 6.09. The Bertz CT molecular complexity index is 891. The van der Waals surface area contributed by atoms with Crippen LogP contribution >= 0.6 is 0 Å². The predicted molar refractivity (Wildman–Crippen MR) is 112 cm³/mol. The van der Waals surface area contributed by atoms with Gasteiger partial charge in [0.25, 0.3) is 0 Å². The number of hydrogen-bond donors (Lipinski definition) is 0. The van der Waals surface area contributed by atoms with E-state index in [0.29, 0.717) is 26.1 Å². The van der Waals surface area contributed by atoms with Crippen LogP contribution in [-0.4, -0.2) is 59.3 Å². The van der Waals surface area contributed by atoms with E-state index < -0.39 is 5.92 Å². The van der Waals surface area contributed by atoms with Crippen molar-refractivity contribution in [2.24, 2.45) is 5.92 Å². The summed E-state index contributed by atoms with van der Waals surface area (Å²) in [4.78, 5) is 36.1. The fourth-order valence-corrected chi connectivity index (χ4v) is 4.16. The van der Waals surface area contributed by atoms with Gasteiger partial charge >= 0.3 is 0 Å². The topological polar surface area (TPSA) is 56.8 Å². The monoisotopic (exact) mass is 392 g/mol. The van der Waals surface area contributed by atoms with Crippen LogP contribution in [0.4, 0.5) is 5.69 Å². The Balaban J connectivity index is 1.34. The Labute approximate surface area is 172 Å². The third-order valence-corrected chi connectivity index (χ3v) is 6.12. The fourth-order valence-electron chi connectivity index (χ4n) is 4.16. The highest BCUT2D eigenvalue weighted by atomic mass is 16.2. The van der Waals surface area contributed by atoms with Crippen molar-refractivity contribution >= 4 is 17.5 Å². The second kappa shape index (κ2) is 8.33. The lowest BCUT2D eigenvalue weighted by Crippen LogP contribution is -2.51. The van der Waals surface area contributed by atoms with Crippen LogP contribution < -0.4 is 4.90 Å². The van der Waals surface area contributed by atoms with E-state index in [1.807, 2.05) is 42.3 Å². The van der Waals surface area contributed by atoms with Crippen molar-refractivity contribution in [1.82, 2.24) is 14.8 Å². The first-order chi connectivity index (χ1) is 14.0. The van der Waals surface area contributed by atoms with Gasteiger partial charge in [-0.3, -0.25) is 19.5 Å². The maximum atomic E-state index is 13.0. The molecule has 1 aromatic carbocycles. The highest BCUT2D eigenvalue weighted by Crippen LogP contribution is 2.28. The molecule has 1 atom stereocenters. The zero-order chi connectivity index (χ0) is 20.4. The first kappa shape index (κ1) is 19.6. The average Bonchev–Trinajstić information content (AvgIpc) is 3.12. The third kappa shape index (κ3) is 4.17.